The summed E-state index contributed by atoms with van der Waals surface area (Å²) in [6.45, 7) is 0. The maximum absolute atomic E-state index is 12.9. The summed E-state index contributed by atoms with van der Waals surface area (Å²) >= 11 is -0.103. The number of allylic oxidation sites excluding steroid dienone is 2. The molecule has 0 spiro atoms. The fourth-order valence-electron chi connectivity index (χ4n) is 0.968. The van der Waals surface area contributed by atoms with E-state index in [0.29, 0.717) is 0 Å². The fourth-order valence-corrected chi connectivity index (χ4v) is 1.82. The first-order valence-electron chi connectivity index (χ1n) is 2.93. The number of alkyl halides is 2. The van der Waals surface area contributed by atoms with Crippen molar-refractivity contribution in [3.8, 4) is 0 Å². The minimum atomic E-state index is -3.04. The maximum atomic E-state index is 12.9. The molecular formula is C6HF5S. The van der Waals surface area contributed by atoms with E-state index in [0.717, 1.165) is 0 Å². The third-order valence-corrected chi connectivity index (χ3v) is 2.93. The van der Waals surface area contributed by atoms with E-state index in [1.807, 2.05) is 0 Å². The fraction of sp³-hybridized carbons (Fsp3) is 0.333. The van der Waals surface area contributed by atoms with Gasteiger partial charge >= 0.3 is 0 Å². The molecule has 0 aromatic rings. The lowest BCUT2D eigenvalue weighted by Crippen LogP contribution is -2.20. The molecule has 0 saturated carbocycles. The van der Waals surface area contributed by atoms with Crippen LogP contribution in [0, 0.1) is 0 Å². The summed E-state index contributed by atoms with van der Waals surface area (Å²) in [5.74, 6) is -5.64. The first kappa shape index (κ1) is 8.10. The van der Waals surface area contributed by atoms with Gasteiger partial charge < -0.3 is 0 Å². The third-order valence-electron chi connectivity index (χ3n) is 1.68. The van der Waals surface area contributed by atoms with Crippen LogP contribution in [0.1, 0.15) is 0 Å². The molecule has 1 heterocycles. The van der Waals surface area contributed by atoms with Crippen LogP contribution in [0.3, 0.4) is 0 Å². The van der Waals surface area contributed by atoms with Crippen molar-refractivity contribution in [1.82, 2.24) is 0 Å². The number of hydrogen-bond donors (Lipinski definition) is 0. The largest absolute Gasteiger partial charge is 0.260 e. The molecule has 66 valence electrons. The zero-order valence-electron chi connectivity index (χ0n) is 5.38. The first-order chi connectivity index (χ1) is 5.41. The Morgan fingerprint density at radius 3 is 2.33 bits per heavy atom. The molecule has 2 unspecified atom stereocenters. The van der Waals surface area contributed by atoms with Gasteiger partial charge in [-0.2, -0.15) is 0 Å². The highest BCUT2D eigenvalue weighted by Crippen LogP contribution is 2.73. The molecule has 0 N–H and O–H groups in total. The van der Waals surface area contributed by atoms with Gasteiger partial charge in [0, 0.05) is 6.08 Å². The van der Waals surface area contributed by atoms with Crippen molar-refractivity contribution in [2.24, 2.45) is 0 Å². The second-order valence-corrected chi connectivity index (χ2v) is 3.82. The van der Waals surface area contributed by atoms with Gasteiger partial charge in [0.2, 0.25) is 5.00 Å². The van der Waals surface area contributed by atoms with Crippen molar-refractivity contribution in [3.63, 3.8) is 0 Å². The Morgan fingerprint density at radius 1 is 1.17 bits per heavy atom. The number of rotatable bonds is 0. The molecule has 0 bridgehead atoms. The summed E-state index contributed by atoms with van der Waals surface area (Å²) in [6, 6.07) is 0. The first-order valence-corrected chi connectivity index (χ1v) is 3.75. The summed E-state index contributed by atoms with van der Waals surface area (Å²) in [7, 11) is 0. The van der Waals surface area contributed by atoms with Crippen LogP contribution in [0.25, 0.3) is 0 Å². The topological polar surface area (TPSA) is 0 Å². The van der Waals surface area contributed by atoms with Gasteiger partial charge in [-0.25, -0.2) is 22.0 Å². The van der Waals surface area contributed by atoms with Crippen LogP contribution >= 0.6 is 11.8 Å². The Morgan fingerprint density at radius 2 is 1.75 bits per heavy atom. The highest BCUT2D eigenvalue weighted by atomic mass is 32.2. The molecular weight excluding hydrogens is 199 g/mol. The predicted molar refractivity (Wildman–Crippen MR) is 33.7 cm³/mol. The van der Waals surface area contributed by atoms with Crippen molar-refractivity contribution >= 4 is 11.8 Å². The Kier molecular flexibility index (Phi) is 1.26. The molecule has 2 rings (SSSR count). The van der Waals surface area contributed by atoms with Gasteiger partial charge in [-0.05, 0) is 0 Å². The van der Waals surface area contributed by atoms with Crippen molar-refractivity contribution in [3.05, 3.63) is 23.6 Å². The molecule has 1 fully saturated rings. The minimum absolute atomic E-state index is 0.103. The molecule has 0 nitrogen and oxygen atoms in total. The lowest BCUT2D eigenvalue weighted by atomic mass is 10.1. The monoisotopic (exact) mass is 200 g/mol. The average Bonchev–Trinajstić information content (AvgIpc) is 2.51. The van der Waals surface area contributed by atoms with E-state index in [2.05, 4.69) is 0 Å². The van der Waals surface area contributed by atoms with E-state index in [-0.39, 0.29) is 17.8 Å². The summed E-state index contributed by atoms with van der Waals surface area (Å²) in [4.78, 5) is 0. The molecule has 0 aromatic heterocycles. The van der Waals surface area contributed by atoms with Gasteiger partial charge in [0.25, 0.3) is 5.00 Å². The highest BCUT2D eigenvalue weighted by molar-refractivity contribution is 8.09. The average molecular weight is 200 g/mol. The van der Waals surface area contributed by atoms with E-state index in [1.165, 1.54) is 0 Å². The van der Waals surface area contributed by atoms with Crippen LogP contribution in [-0.4, -0.2) is 10.0 Å². The molecule has 1 saturated heterocycles. The number of thioether (sulfide) groups is 1. The minimum Gasteiger partial charge on any atom is -0.222 e. The molecule has 6 heteroatoms. The quantitative estimate of drug-likeness (QED) is 0.427. The Labute approximate surface area is 68.1 Å². The molecule has 2 aliphatic rings. The lowest BCUT2D eigenvalue weighted by molar-refractivity contribution is 0.192. The molecule has 0 aromatic carbocycles. The lowest BCUT2D eigenvalue weighted by Gasteiger charge is -2.09. The van der Waals surface area contributed by atoms with E-state index in [9.17, 15) is 22.0 Å². The summed E-state index contributed by atoms with van der Waals surface area (Å²) < 4.78 is 62.8. The molecule has 12 heavy (non-hydrogen) atoms. The van der Waals surface area contributed by atoms with Crippen molar-refractivity contribution in [2.45, 2.75) is 10.0 Å². The number of halogens is 5. The van der Waals surface area contributed by atoms with E-state index in [1.54, 1.807) is 0 Å². The van der Waals surface area contributed by atoms with Crippen molar-refractivity contribution in [2.75, 3.05) is 0 Å². The van der Waals surface area contributed by atoms with Gasteiger partial charge in [0.05, 0.1) is 0 Å². The van der Waals surface area contributed by atoms with E-state index < -0.39 is 27.5 Å². The van der Waals surface area contributed by atoms with Crippen molar-refractivity contribution in [1.29, 1.82) is 0 Å². The van der Waals surface area contributed by atoms with Crippen LogP contribution in [-0.2, 0) is 0 Å². The van der Waals surface area contributed by atoms with Gasteiger partial charge in [-0.15, -0.1) is 0 Å². The second kappa shape index (κ2) is 1.86. The molecule has 2 atom stereocenters. The number of fused-ring (bicyclic) bond motifs is 1. The van der Waals surface area contributed by atoms with Gasteiger partial charge in [-0.3, -0.25) is 0 Å². The Hall–Kier alpha value is -0.520. The van der Waals surface area contributed by atoms with Crippen LogP contribution in [0.4, 0.5) is 22.0 Å². The molecule has 0 amide bonds. The predicted octanol–water partition coefficient (Wildman–Crippen LogP) is 3.08. The molecule has 1 aliphatic heterocycles. The SMILES string of the molecule is FC1=CC2(F)SC2(F)C(F)=C1F. The van der Waals surface area contributed by atoms with Crippen molar-refractivity contribution < 1.29 is 22.0 Å². The van der Waals surface area contributed by atoms with Crippen LogP contribution in [0.2, 0.25) is 0 Å². The van der Waals surface area contributed by atoms with Crippen LogP contribution < -0.4 is 0 Å². The summed E-state index contributed by atoms with van der Waals surface area (Å²) in [6.07, 6.45) is 0.107. The van der Waals surface area contributed by atoms with Crippen LogP contribution in [0.15, 0.2) is 23.6 Å². The van der Waals surface area contributed by atoms with Gasteiger partial charge in [0.15, 0.2) is 17.5 Å². The normalized spacial score (nSPS) is 45.6. The maximum Gasteiger partial charge on any atom is 0.260 e. The number of hydrogen-bond acceptors (Lipinski definition) is 1. The third kappa shape index (κ3) is 0.688. The zero-order chi connectivity index (χ0) is 9.15. The smallest absolute Gasteiger partial charge is 0.222 e. The van der Waals surface area contributed by atoms with Gasteiger partial charge in [-0.1, -0.05) is 11.8 Å². The zero-order valence-corrected chi connectivity index (χ0v) is 6.19. The second-order valence-electron chi connectivity index (χ2n) is 2.46. The molecule has 1 aliphatic carbocycles. The van der Waals surface area contributed by atoms with E-state index >= 15 is 0 Å². The summed E-state index contributed by atoms with van der Waals surface area (Å²) in [5.41, 5.74) is 0. The highest BCUT2D eigenvalue weighted by Gasteiger charge is 2.77. The Bertz CT molecular complexity index is 322. The Balaban J connectivity index is 2.54. The standard InChI is InChI=1S/C6HF5S/c7-2-1-5(10)6(11,12-5)4(9)3(2)8/h1H. The van der Waals surface area contributed by atoms with Crippen LogP contribution in [0.5, 0.6) is 0 Å². The molecule has 0 radical (unpaired) electrons. The van der Waals surface area contributed by atoms with Gasteiger partial charge in [0.1, 0.15) is 0 Å². The van der Waals surface area contributed by atoms with E-state index in [4.69, 9.17) is 0 Å². The summed E-state index contributed by atoms with van der Waals surface area (Å²) in [5, 5.41) is -5.79.